The Balaban J connectivity index is 1.40. The molecular weight excluding hydrogens is 375 g/mol. The summed E-state index contributed by atoms with van der Waals surface area (Å²) in [6.07, 6.45) is -2.72. The van der Waals surface area contributed by atoms with Crippen LogP contribution in [-0.4, -0.2) is 39.3 Å². The third-order valence-electron chi connectivity index (χ3n) is 3.79. The number of ether oxygens (including phenoxy) is 1. The first-order valence-corrected chi connectivity index (χ1v) is 8.31. The molecule has 0 spiro atoms. The minimum Gasteiger partial charge on any atom is -0.492 e. The van der Waals surface area contributed by atoms with Gasteiger partial charge in [0.1, 0.15) is 18.7 Å². The van der Waals surface area contributed by atoms with Crippen molar-refractivity contribution in [2.24, 2.45) is 0 Å². The van der Waals surface area contributed by atoms with Crippen molar-refractivity contribution in [3.63, 3.8) is 0 Å². The first kappa shape index (κ1) is 19.3. The lowest BCUT2D eigenvalue weighted by Gasteiger charge is -2.10. The molecule has 0 aliphatic heterocycles. The Bertz CT molecular complexity index is 894. The molecule has 28 heavy (non-hydrogen) atoms. The topological polar surface area (TPSA) is 81.9 Å². The van der Waals surface area contributed by atoms with Crippen molar-refractivity contribution < 1.29 is 22.7 Å². The van der Waals surface area contributed by atoms with Crippen molar-refractivity contribution in [1.82, 2.24) is 25.5 Å². The molecule has 3 aromatic rings. The number of tetrazole rings is 1. The molecule has 0 atom stereocenters. The zero-order chi connectivity index (χ0) is 20.0. The summed E-state index contributed by atoms with van der Waals surface area (Å²) in [5.74, 6) is 0.117. The van der Waals surface area contributed by atoms with Crippen molar-refractivity contribution in [3.05, 3.63) is 66.0 Å². The molecule has 0 aliphatic carbocycles. The first-order chi connectivity index (χ1) is 13.4. The predicted octanol–water partition coefficient (Wildman–Crippen LogP) is 2.42. The Kier molecular flexibility index (Phi) is 5.87. The molecule has 146 valence electrons. The number of hydrogen-bond acceptors (Lipinski definition) is 5. The standard InChI is InChI=1S/C18H16F3N5O2/c19-18(20,21)14-3-7-16(8-4-14)28-10-9-22-17(27)11-13-1-5-15(6-2-13)26-12-23-24-25-26/h1-8,12H,9-11H2,(H,22,27). The number of benzene rings is 2. The molecular formula is C18H16F3N5O2. The zero-order valence-electron chi connectivity index (χ0n) is 14.6. The highest BCUT2D eigenvalue weighted by Gasteiger charge is 2.29. The van der Waals surface area contributed by atoms with Crippen LogP contribution in [0, 0.1) is 0 Å². The number of nitrogens with one attached hydrogen (secondary N) is 1. The molecule has 1 heterocycles. The molecule has 0 unspecified atom stereocenters. The molecule has 7 nitrogen and oxygen atoms in total. The fourth-order valence-corrected chi connectivity index (χ4v) is 2.39. The Morgan fingerprint density at radius 1 is 1.07 bits per heavy atom. The van der Waals surface area contributed by atoms with Gasteiger partial charge in [-0.15, -0.1) is 5.10 Å². The lowest BCUT2D eigenvalue weighted by atomic mass is 10.1. The number of hydrogen-bond donors (Lipinski definition) is 1. The van der Waals surface area contributed by atoms with Gasteiger partial charge in [0.15, 0.2) is 0 Å². The summed E-state index contributed by atoms with van der Waals surface area (Å²) in [6, 6.07) is 11.6. The number of carbonyl (C=O) groups is 1. The second kappa shape index (κ2) is 8.51. The Hall–Kier alpha value is -3.43. The summed E-state index contributed by atoms with van der Waals surface area (Å²) in [7, 11) is 0. The third-order valence-corrected chi connectivity index (χ3v) is 3.79. The van der Waals surface area contributed by atoms with Gasteiger partial charge in [-0.05, 0) is 52.4 Å². The summed E-state index contributed by atoms with van der Waals surface area (Å²) in [4.78, 5) is 12.0. The molecule has 1 N–H and O–H groups in total. The van der Waals surface area contributed by atoms with Crippen LogP contribution < -0.4 is 10.1 Å². The van der Waals surface area contributed by atoms with E-state index in [1.165, 1.54) is 23.1 Å². The predicted molar refractivity (Wildman–Crippen MR) is 92.8 cm³/mol. The van der Waals surface area contributed by atoms with Crippen LogP contribution in [0.25, 0.3) is 5.69 Å². The van der Waals surface area contributed by atoms with Crippen LogP contribution in [0.1, 0.15) is 11.1 Å². The zero-order valence-corrected chi connectivity index (χ0v) is 14.6. The Morgan fingerprint density at radius 3 is 2.39 bits per heavy atom. The maximum absolute atomic E-state index is 12.5. The molecule has 3 rings (SSSR count). The van der Waals surface area contributed by atoms with Crippen molar-refractivity contribution in [2.45, 2.75) is 12.6 Å². The van der Waals surface area contributed by atoms with Crippen molar-refractivity contribution in [2.75, 3.05) is 13.2 Å². The lowest BCUT2D eigenvalue weighted by Crippen LogP contribution is -2.29. The Labute approximate surface area is 158 Å². The van der Waals surface area contributed by atoms with Gasteiger partial charge in [-0.3, -0.25) is 4.79 Å². The molecule has 0 fully saturated rings. The van der Waals surface area contributed by atoms with Gasteiger partial charge in [0.25, 0.3) is 0 Å². The summed E-state index contributed by atoms with van der Waals surface area (Å²) in [6.45, 7) is 0.387. The fraction of sp³-hybridized carbons (Fsp3) is 0.222. The molecule has 0 bridgehead atoms. The van der Waals surface area contributed by atoms with Gasteiger partial charge in [0, 0.05) is 0 Å². The molecule has 0 saturated heterocycles. The lowest BCUT2D eigenvalue weighted by molar-refractivity contribution is -0.137. The van der Waals surface area contributed by atoms with Crippen LogP contribution in [0.4, 0.5) is 13.2 Å². The van der Waals surface area contributed by atoms with E-state index in [0.717, 1.165) is 23.4 Å². The SMILES string of the molecule is O=C(Cc1ccc(-n2cnnn2)cc1)NCCOc1ccc(C(F)(F)F)cc1. The van der Waals surface area contributed by atoms with E-state index in [4.69, 9.17) is 4.74 Å². The largest absolute Gasteiger partial charge is 0.492 e. The van der Waals surface area contributed by atoms with Gasteiger partial charge >= 0.3 is 6.18 Å². The molecule has 1 aromatic heterocycles. The highest BCUT2D eigenvalue weighted by Crippen LogP contribution is 2.30. The number of aromatic nitrogens is 4. The van der Waals surface area contributed by atoms with Gasteiger partial charge in [-0.1, -0.05) is 12.1 Å². The molecule has 1 amide bonds. The number of amides is 1. The molecule has 0 saturated carbocycles. The summed E-state index contributed by atoms with van der Waals surface area (Å²) in [5, 5.41) is 13.6. The molecule has 2 aromatic carbocycles. The minimum atomic E-state index is -4.38. The van der Waals surface area contributed by atoms with Crippen LogP contribution in [0.15, 0.2) is 54.9 Å². The van der Waals surface area contributed by atoms with Gasteiger partial charge in [-0.2, -0.15) is 13.2 Å². The van der Waals surface area contributed by atoms with Crippen LogP contribution in [0.5, 0.6) is 5.75 Å². The maximum Gasteiger partial charge on any atom is 0.416 e. The normalized spacial score (nSPS) is 11.2. The third kappa shape index (κ3) is 5.29. The van der Waals surface area contributed by atoms with Gasteiger partial charge < -0.3 is 10.1 Å². The van der Waals surface area contributed by atoms with E-state index in [2.05, 4.69) is 20.8 Å². The highest BCUT2D eigenvalue weighted by atomic mass is 19.4. The van der Waals surface area contributed by atoms with E-state index >= 15 is 0 Å². The van der Waals surface area contributed by atoms with E-state index in [0.29, 0.717) is 5.75 Å². The van der Waals surface area contributed by atoms with Gasteiger partial charge in [0.05, 0.1) is 24.2 Å². The van der Waals surface area contributed by atoms with Gasteiger partial charge in [-0.25, -0.2) is 4.68 Å². The van der Waals surface area contributed by atoms with E-state index in [9.17, 15) is 18.0 Å². The number of alkyl halides is 3. The van der Waals surface area contributed by atoms with Gasteiger partial charge in [0.2, 0.25) is 5.91 Å². The second-order valence-corrected chi connectivity index (χ2v) is 5.82. The quantitative estimate of drug-likeness (QED) is 0.626. The van der Waals surface area contributed by atoms with Crippen LogP contribution in [-0.2, 0) is 17.4 Å². The van der Waals surface area contributed by atoms with E-state index in [1.807, 2.05) is 0 Å². The Morgan fingerprint density at radius 2 is 1.79 bits per heavy atom. The molecule has 10 heteroatoms. The number of halogens is 3. The van der Waals surface area contributed by atoms with Crippen molar-refractivity contribution in [1.29, 1.82) is 0 Å². The first-order valence-electron chi connectivity index (χ1n) is 8.31. The average Bonchev–Trinajstić information content (AvgIpc) is 3.20. The highest BCUT2D eigenvalue weighted by molar-refractivity contribution is 5.78. The number of rotatable bonds is 7. The fourth-order valence-electron chi connectivity index (χ4n) is 2.39. The number of nitrogens with zero attached hydrogens (tertiary/aromatic N) is 4. The number of carbonyl (C=O) groups excluding carboxylic acids is 1. The molecule has 0 radical (unpaired) electrons. The van der Waals surface area contributed by atoms with Crippen LogP contribution in [0.2, 0.25) is 0 Å². The van der Waals surface area contributed by atoms with Crippen LogP contribution in [0.3, 0.4) is 0 Å². The van der Waals surface area contributed by atoms with Crippen molar-refractivity contribution >= 4 is 5.91 Å². The summed E-state index contributed by atoms with van der Waals surface area (Å²) < 4.78 is 44.3. The van der Waals surface area contributed by atoms with E-state index in [1.54, 1.807) is 24.3 Å². The maximum atomic E-state index is 12.5. The molecule has 0 aliphatic rings. The minimum absolute atomic E-state index is 0.148. The van der Waals surface area contributed by atoms with Crippen LogP contribution >= 0.6 is 0 Å². The monoisotopic (exact) mass is 391 g/mol. The average molecular weight is 391 g/mol. The smallest absolute Gasteiger partial charge is 0.416 e. The van der Waals surface area contributed by atoms with E-state index < -0.39 is 11.7 Å². The van der Waals surface area contributed by atoms with Crippen molar-refractivity contribution in [3.8, 4) is 11.4 Å². The summed E-state index contributed by atoms with van der Waals surface area (Å²) in [5.41, 5.74) is 0.858. The summed E-state index contributed by atoms with van der Waals surface area (Å²) >= 11 is 0. The van der Waals surface area contributed by atoms with E-state index in [-0.39, 0.29) is 25.5 Å². The second-order valence-electron chi connectivity index (χ2n) is 5.82.